The average molecular weight is 532 g/mol. The van der Waals surface area contributed by atoms with Gasteiger partial charge in [0.1, 0.15) is 18.5 Å². The Morgan fingerprint density at radius 3 is 2.74 bits per heavy atom. The summed E-state index contributed by atoms with van der Waals surface area (Å²) in [7, 11) is 0. The number of nitrogens with zero attached hydrogens (tertiary/aromatic N) is 5. The fourth-order valence-electron chi connectivity index (χ4n) is 4.86. The SMILES string of the molecule is CC(C)(O)C(F)CNC(=O)c1cnc(-c2ccc3cc(C#N)cnn23)cc1NC1CCC(c2ccon2)CC1. The number of alkyl halides is 1. The third kappa shape index (κ3) is 5.76. The van der Waals surface area contributed by atoms with Crippen molar-refractivity contribution in [3.05, 3.63) is 65.8 Å². The maximum Gasteiger partial charge on any atom is 0.255 e. The fourth-order valence-corrected chi connectivity index (χ4v) is 4.86. The molecule has 5 rings (SSSR count). The number of carbonyl (C=O) groups excluding carboxylic acids is 1. The third-order valence-corrected chi connectivity index (χ3v) is 7.21. The monoisotopic (exact) mass is 531 g/mol. The van der Waals surface area contributed by atoms with Crippen LogP contribution in [0.4, 0.5) is 10.1 Å². The molecule has 0 bridgehead atoms. The van der Waals surface area contributed by atoms with Gasteiger partial charge in [0.2, 0.25) is 0 Å². The van der Waals surface area contributed by atoms with Crippen LogP contribution in [0.2, 0.25) is 0 Å². The van der Waals surface area contributed by atoms with Crippen molar-refractivity contribution in [2.24, 2.45) is 0 Å². The summed E-state index contributed by atoms with van der Waals surface area (Å²) in [4.78, 5) is 17.6. The van der Waals surface area contributed by atoms with Gasteiger partial charge in [0, 0.05) is 24.2 Å². The average Bonchev–Trinajstić information content (AvgIpc) is 3.61. The van der Waals surface area contributed by atoms with E-state index in [9.17, 15) is 19.6 Å². The molecule has 0 spiro atoms. The van der Waals surface area contributed by atoms with E-state index in [1.165, 1.54) is 26.2 Å². The molecule has 0 aliphatic heterocycles. The molecule has 0 saturated heterocycles. The molecular weight excluding hydrogens is 501 g/mol. The van der Waals surface area contributed by atoms with Gasteiger partial charge in [0.25, 0.3) is 5.91 Å². The number of nitriles is 1. The van der Waals surface area contributed by atoms with Gasteiger partial charge in [0.05, 0.1) is 57.8 Å². The minimum absolute atomic E-state index is 0.112. The highest BCUT2D eigenvalue weighted by atomic mass is 19.1. The van der Waals surface area contributed by atoms with Crippen LogP contribution in [0.5, 0.6) is 0 Å². The number of nitrogens with one attached hydrogen (secondary N) is 2. The van der Waals surface area contributed by atoms with E-state index in [4.69, 9.17) is 4.52 Å². The van der Waals surface area contributed by atoms with E-state index in [0.717, 1.165) is 36.9 Å². The number of hydrogen-bond acceptors (Lipinski definition) is 8. The molecule has 202 valence electrons. The number of pyridine rings is 1. The third-order valence-electron chi connectivity index (χ3n) is 7.21. The molecule has 11 heteroatoms. The van der Waals surface area contributed by atoms with Crippen molar-refractivity contribution in [2.45, 2.75) is 63.3 Å². The van der Waals surface area contributed by atoms with Gasteiger partial charge in [0.15, 0.2) is 0 Å². The Balaban J connectivity index is 1.41. The normalized spacial score (nSPS) is 18.4. The van der Waals surface area contributed by atoms with Gasteiger partial charge < -0.3 is 20.3 Å². The Bertz CT molecular complexity index is 1500. The number of aliphatic hydroxyl groups is 1. The first-order chi connectivity index (χ1) is 18.7. The van der Waals surface area contributed by atoms with Crippen molar-refractivity contribution in [1.29, 1.82) is 5.26 Å². The second-order valence-electron chi connectivity index (χ2n) is 10.5. The van der Waals surface area contributed by atoms with Crippen molar-refractivity contribution in [2.75, 3.05) is 11.9 Å². The van der Waals surface area contributed by atoms with Crippen LogP contribution in [0.25, 0.3) is 16.9 Å². The van der Waals surface area contributed by atoms with Crippen LogP contribution in [0.15, 0.2) is 53.5 Å². The van der Waals surface area contributed by atoms with Crippen LogP contribution in [-0.2, 0) is 0 Å². The summed E-state index contributed by atoms with van der Waals surface area (Å²) in [6.07, 6.45) is 6.50. The highest BCUT2D eigenvalue weighted by molar-refractivity contribution is 6.00. The van der Waals surface area contributed by atoms with Gasteiger partial charge in [-0.05, 0) is 63.8 Å². The molecule has 1 amide bonds. The summed E-state index contributed by atoms with van der Waals surface area (Å²) < 4.78 is 21.0. The number of amides is 1. The van der Waals surface area contributed by atoms with Crippen LogP contribution in [0, 0.1) is 11.3 Å². The first-order valence-corrected chi connectivity index (χ1v) is 12.9. The number of aromatic nitrogens is 4. The maximum atomic E-state index is 14.3. The van der Waals surface area contributed by atoms with Crippen molar-refractivity contribution in [3.8, 4) is 17.5 Å². The predicted octanol–water partition coefficient (Wildman–Crippen LogP) is 4.23. The molecule has 4 heterocycles. The number of rotatable bonds is 8. The van der Waals surface area contributed by atoms with Gasteiger partial charge in [-0.25, -0.2) is 8.91 Å². The molecule has 3 N–H and O–H groups in total. The van der Waals surface area contributed by atoms with E-state index >= 15 is 0 Å². The number of fused-ring (bicyclic) bond motifs is 1. The number of halogens is 1. The topological polar surface area (TPSA) is 141 Å². The Hall–Kier alpha value is -4.30. The van der Waals surface area contributed by atoms with E-state index in [0.29, 0.717) is 28.6 Å². The molecule has 1 saturated carbocycles. The molecule has 1 fully saturated rings. The maximum absolute atomic E-state index is 14.3. The van der Waals surface area contributed by atoms with Crippen molar-refractivity contribution < 1.29 is 18.8 Å². The predicted molar refractivity (Wildman–Crippen MR) is 142 cm³/mol. The van der Waals surface area contributed by atoms with Crippen LogP contribution >= 0.6 is 0 Å². The zero-order chi connectivity index (χ0) is 27.6. The van der Waals surface area contributed by atoms with Crippen molar-refractivity contribution in [1.82, 2.24) is 25.1 Å². The van der Waals surface area contributed by atoms with Crippen LogP contribution in [-0.4, -0.2) is 55.1 Å². The van der Waals surface area contributed by atoms with Gasteiger partial charge >= 0.3 is 0 Å². The quantitative estimate of drug-likeness (QED) is 0.307. The van der Waals surface area contributed by atoms with Gasteiger partial charge in [-0.15, -0.1) is 0 Å². The molecule has 0 aromatic carbocycles. The molecule has 39 heavy (non-hydrogen) atoms. The molecule has 1 unspecified atom stereocenters. The fraction of sp³-hybridized carbons (Fsp3) is 0.393. The molecule has 1 aliphatic carbocycles. The van der Waals surface area contributed by atoms with Crippen molar-refractivity contribution in [3.63, 3.8) is 0 Å². The zero-order valence-electron chi connectivity index (χ0n) is 21.8. The lowest BCUT2D eigenvalue weighted by molar-refractivity contribution is -0.00177. The molecule has 4 aromatic rings. The summed E-state index contributed by atoms with van der Waals surface area (Å²) in [6.45, 7) is 2.39. The minimum Gasteiger partial charge on any atom is -0.387 e. The summed E-state index contributed by atoms with van der Waals surface area (Å²) in [5, 5.41) is 33.7. The Morgan fingerprint density at radius 2 is 2.05 bits per heavy atom. The van der Waals surface area contributed by atoms with Crippen molar-refractivity contribution >= 4 is 17.1 Å². The van der Waals surface area contributed by atoms with Crippen LogP contribution in [0.3, 0.4) is 0 Å². The van der Waals surface area contributed by atoms with E-state index in [1.807, 2.05) is 18.2 Å². The highest BCUT2D eigenvalue weighted by Crippen LogP contribution is 2.34. The molecule has 1 aliphatic rings. The summed E-state index contributed by atoms with van der Waals surface area (Å²) >= 11 is 0. The summed E-state index contributed by atoms with van der Waals surface area (Å²) in [5.74, 6) is -0.158. The highest BCUT2D eigenvalue weighted by Gasteiger charge is 2.28. The molecule has 0 radical (unpaired) electrons. The number of carbonyl (C=O) groups is 1. The van der Waals surface area contributed by atoms with Crippen LogP contribution in [0.1, 0.15) is 67.1 Å². The standard InChI is InChI=1S/C28H30FN7O3/c1-28(2,38)26(29)16-32-27(37)21-15-31-24(25-8-7-20-11-17(13-30)14-33-36(20)25)12-23(21)34-19-5-3-18(4-6-19)22-9-10-39-35-22/h7-12,14-15,18-19,26,38H,3-6,16H2,1-2H3,(H,31,34)(H,32,37). The number of hydrogen-bond donors (Lipinski definition) is 3. The zero-order valence-corrected chi connectivity index (χ0v) is 21.8. The van der Waals surface area contributed by atoms with E-state index in [1.54, 1.807) is 22.9 Å². The Kier molecular flexibility index (Phi) is 7.30. The van der Waals surface area contributed by atoms with E-state index < -0.39 is 17.7 Å². The molecule has 4 aromatic heterocycles. The molecular formula is C28H30FN7O3. The summed E-state index contributed by atoms with van der Waals surface area (Å²) in [5.41, 5.74) is 2.72. The largest absolute Gasteiger partial charge is 0.387 e. The van der Waals surface area contributed by atoms with Gasteiger partial charge in [-0.1, -0.05) is 5.16 Å². The van der Waals surface area contributed by atoms with Gasteiger partial charge in [-0.3, -0.25) is 9.78 Å². The Morgan fingerprint density at radius 1 is 1.26 bits per heavy atom. The first kappa shape index (κ1) is 26.3. The molecule has 10 nitrogen and oxygen atoms in total. The first-order valence-electron chi connectivity index (χ1n) is 12.9. The lowest BCUT2D eigenvalue weighted by atomic mass is 9.84. The Labute approximate surface area is 224 Å². The minimum atomic E-state index is -1.63. The lowest BCUT2D eigenvalue weighted by Crippen LogP contribution is -2.42. The lowest BCUT2D eigenvalue weighted by Gasteiger charge is -2.29. The molecule has 1 atom stereocenters. The van der Waals surface area contributed by atoms with E-state index in [-0.39, 0.29) is 18.2 Å². The van der Waals surface area contributed by atoms with Gasteiger partial charge in [-0.2, -0.15) is 10.4 Å². The smallest absolute Gasteiger partial charge is 0.255 e. The number of anilines is 1. The second-order valence-corrected chi connectivity index (χ2v) is 10.5. The second kappa shape index (κ2) is 10.8. The van der Waals surface area contributed by atoms with E-state index in [2.05, 4.69) is 31.9 Å². The summed E-state index contributed by atoms with van der Waals surface area (Å²) in [6, 6.07) is 11.3. The van der Waals surface area contributed by atoms with Crippen LogP contribution < -0.4 is 10.6 Å².